The quantitative estimate of drug-likeness (QED) is 0.827. The van der Waals surface area contributed by atoms with Crippen LogP contribution in [0, 0.1) is 0 Å². The van der Waals surface area contributed by atoms with Crippen LogP contribution in [0.4, 0.5) is 11.4 Å². The number of rotatable bonds is 7. The summed E-state index contributed by atoms with van der Waals surface area (Å²) in [5.74, 6) is -0.0664. The lowest BCUT2D eigenvalue weighted by molar-refractivity contribution is -0.114. The van der Waals surface area contributed by atoms with Crippen molar-refractivity contribution < 1.29 is 13.2 Å². The molecule has 1 fully saturated rings. The number of amides is 1. The van der Waals surface area contributed by atoms with E-state index >= 15 is 0 Å². The van der Waals surface area contributed by atoms with Crippen molar-refractivity contribution >= 4 is 27.3 Å². The van der Waals surface area contributed by atoms with Gasteiger partial charge in [-0.05, 0) is 49.1 Å². The van der Waals surface area contributed by atoms with Gasteiger partial charge in [0, 0.05) is 18.7 Å². The second-order valence-electron chi connectivity index (χ2n) is 6.31. The minimum atomic E-state index is -3.40. The molecule has 1 aliphatic carbocycles. The maximum Gasteiger partial charge on any atom is 0.235 e. The highest BCUT2D eigenvalue weighted by atomic mass is 32.2. The van der Waals surface area contributed by atoms with Crippen molar-refractivity contribution in [1.29, 1.82) is 0 Å². The summed E-state index contributed by atoms with van der Waals surface area (Å²) in [4.78, 5) is 11.1. The SMILES string of the molecule is CC(=O)Nc1ccc(N(C2CC2)S(=O)(=O)CCc2ccccc2)cc1. The molecule has 1 N–H and O–H groups in total. The number of anilines is 2. The fraction of sp³-hybridized carbons (Fsp3) is 0.316. The lowest BCUT2D eigenvalue weighted by atomic mass is 10.2. The summed E-state index contributed by atoms with van der Waals surface area (Å²) in [5.41, 5.74) is 2.33. The molecule has 132 valence electrons. The monoisotopic (exact) mass is 358 g/mol. The zero-order chi connectivity index (χ0) is 17.9. The van der Waals surface area contributed by atoms with Crippen LogP contribution in [0.25, 0.3) is 0 Å². The van der Waals surface area contributed by atoms with Gasteiger partial charge in [-0.3, -0.25) is 9.10 Å². The summed E-state index contributed by atoms with van der Waals surface area (Å²) in [6, 6.07) is 16.7. The van der Waals surface area contributed by atoms with E-state index < -0.39 is 10.0 Å². The smallest absolute Gasteiger partial charge is 0.235 e. The van der Waals surface area contributed by atoms with E-state index in [-0.39, 0.29) is 17.7 Å². The number of nitrogens with one attached hydrogen (secondary N) is 1. The molecule has 0 heterocycles. The standard InChI is InChI=1S/C19H22N2O3S/c1-15(22)20-17-7-9-18(10-8-17)21(19-11-12-19)25(23,24)14-13-16-5-3-2-4-6-16/h2-10,19H,11-14H2,1H3,(H,20,22). The van der Waals surface area contributed by atoms with Crippen LogP contribution in [0.1, 0.15) is 25.3 Å². The Morgan fingerprint density at radius 1 is 1.08 bits per heavy atom. The molecule has 0 saturated heterocycles. The van der Waals surface area contributed by atoms with Crippen LogP contribution < -0.4 is 9.62 Å². The van der Waals surface area contributed by atoms with Gasteiger partial charge >= 0.3 is 0 Å². The molecule has 0 radical (unpaired) electrons. The zero-order valence-electron chi connectivity index (χ0n) is 14.2. The van der Waals surface area contributed by atoms with Crippen molar-refractivity contribution in [1.82, 2.24) is 0 Å². The second kappa shape index (κ2) is 7.27. The predicted octanol–water partition coefficient (Wildman–Crippen LogP) is 3.19. The van der Waals surface area contributed by atoms with Gasteiger partial charge in [0.25, 0.3) is 0 Å². The molecule has 0 unspecified atom stereocenters. The van der Waals surface area contributed by atoms with E-state index in [0.29, 0.717) is 17.8 Å². The molecule has 3 rings (SSSR count). The van der Waals surface area contributed by atoms with Crippen LogP contribution in [-0.2, 0) is 21.2 Å². The normalized spacial score (nSPS) is 14.1. The Morgan fingerprint density at radius 3 is 2.28 bits per heavy atom. The summed E-state index contributed by atoms with van der Waals surface area (Å²) in [6.07, 6.45) is 2.27. The molecular weight excluding hydrogens is 336 g/mol. The number of aryl methyl sites for hydroxylation is 1. The second-order valence-corrected chi connectivity index (χ2v) is 8.27. The number of benzene rings is 2. The van der Waals surface area contributed by atoms with Crippen molar-refractivity contribution in [2.75, 3.05) is 15.4 Å². The third-order valence-corrected chi connectivity index (χ3v) is 5.94. The lowest BCUT2D eigenvalue weighted by Crippen LogP contribution is -2.35. The van der Waals surface area contributed by atoms with E-state index in [1.54, 1.807) is 28.6 Å². The van der Waals surface area contributed by atoms with E-state index in [1.165, 1.54) is 6.92 Å². The third kappa shape index (κ3) is 4.60. The van der Waals surface area contributed by atoms with E-state index in [2.05, 4.69) is 5.32 Å². The lowest BCUT2D eigenvalue weighted by Gasteiger charge is -2.24. The third-order valence-electron chi connectivity index (χ3n) is 4.11. The molecule has 2 aromatic rings. The first-order valence-corrected chi connectivity index (χ1v) is 10.0. The Morgan fingerprint density at radius 2 is 1.72 bits per heavy atom. The van der Waals surface area contributed by atoms with Crippen molar-refractivity contribution in [2.24, 2.45) is 0 Å². The van der Waals surface area contributed by atoms with Crippen LogP contribution >= 0.6 is 0 Å². The molecule has 0 aromatic heterocycles. The molecule has 0 spiro atoms. The topological polar surface area (TPSA) is 66.5 Å². The Labute approximate surface area is 148 Å². The number of nitrogens with zero attached hydrogens (tertiary/aromatic N) is 1. The van der Waals surface area contributed by atoms with E-state index in [1.807, 2.05) is 30.3 Å². The van der Waals surface area contributed by atoms with E-state index in [9.17, 15) is 13.2 Å². The molecular formula is C19H22N2O3S. The van der Waals surface area contributed by atoms with Crippen molar-refractivity contribution in [2.45, 2.75) is 32.2 Å². The van der Waals surface area contributed by atoms with Gasteiger partial charge in [0.15, 0.2) is 0 Å². The largest absolute Gasteiger partial charge is 0.326 e. The van der Waals surface area contributed by atoms with Crippen molar-refractivity contribution in [3.63, 3.8) is 0 Å². The Kier molecular flexibility index (Phi) is 5.08. The van der Waals surface area contributed by atoms with Gasteiger partial charge in [-0.15, -0.1) is 0 Å². The molecule has 6 heteroatoms. The van der Waals surface area contributed by atoms with Gasteiger partial charge in [-0.1, -0.05) is 30.3 Å². The summed E-state index contributed by atoms with van der Waals surface area (Å²) in [7, 11) is -3.40. The summed E-state index contributed by atoms with van der Waals surface area (Å²) in [5, 5.41) is 2.69. The Hall–Kier alpha value is -2.34. The fourth-order valence-electron chi connectivity index (χ4n) is 2.79. The van der Waals surface area contributed by atoms with Crippen LogP contribution in [0.5, 0.6) is 0 Å². The maximum atomic E-state index is 12.9. The molecule has 0 aliphatic heterocycles. The molecule has 1 saturated carbocycles. The molecule has 5 nitrogen and oxygen atoms in total. The average Bonchev–Trinajstić information content (AvgIpc) is 3.40. The highest BCUT2D eigenvalue weighted by Crippen LogP contribution is 2.35. The maximum absolute atomic E-state index is 12.9. The molecule has 2 aromatic carbocycles. The van der Waals surface area contributed by atoms with Crippen LogP contribution in [0.3, 0.4) is 0 Å². The number of hydrogen-bond donors (Lipinski definition) is 1. The minimum Gasteiger partial charge on any atom is -0.326 e. The van der Waals surface area contributed by atoms with Gasteiger partial charge in [-0.2, -0.15) is 0 Å². The van der Waals surface area contributed by atoms with Gasteiger partial charge in [-0.25, -0.2) is 8.42 Å². The number of hydrogen-bond acceptors (Lipinski definition) is 3. The van der Waals surface area contributed by atoms with Crippen molar-refractivity contribution in [3.8, 4) is 0 Å². The molecule has 1 aliphatic rings. The minimum absolute atomic E-state index is 0.0485. The summed E-state index contributed by atoms with van der Waals surface area (Å²) in [6.45, 7) is 1.44. The van der Waals surface area contributed by atoms with Gasteiger partial charge in [0.2, 0.25) is 15.9 Å². The zero-order valence-corrected chi connectivity index (χ0v) is 15.0. The number of carbonyl (C=O) groups excluding carboxylic acids is 1. The van der Waals surface area contributed by atoms with Gasteiger partial charge in [0.05, 0.1) is 11.4 Å². The first-order valence-electron chi connectivity index (χ1n) is 8.39. The number of sulfonamides is 1. The van der Waals surface area contributed by atoms with Crippen LogP contribution in [0.15, 0.2) is 54.6 Å². The average molecular weight is 358 g/mol. The molecule has 0 atom stereocenters. The molecule has 0 bridgehead atoms. The van der Waals surface area contributed by atoms with Gasteiger partial charge in [0.1, 0.15) is 0 Å². The first-order chi connectivity index (χ1) is 12.0. The highest BCUT2D eigenvalue weighted by molar-refractivity contribution is 7.92. The Balaban J connectivity index is 1.76. The van der Waals surface area contributed by atoms with Crippen LogP contribution in [0.2, 0.25) is 0 Å². The number of carbonyl (C=O) groups is 1. The van der Waals surface area contributed by atoms with Crippen molar-refractivity contribution in [3.05, 3.63) is 60.2 Å². The van der Waals surface area contributed by atoms with Gasteiger partial charge < -0.3 is 5.32 Å². The van der Waals surface area contributed by atoms with E-state index in [0.717, 1.165) is 18.4 Å². The Bertz CT molecular complexity index is 829. The predicted molar refractivity (Wildman–Crippen MR) is 100 cm³/mol. The van der Waals surface area contributed by atoms with Crippen LogP contribution in [-0.4, -0.2) is 26.1 Å². The molecule has 1 amide bonds. The first kappa shape index (κ1) is 17.5. The summed E-state index contributed by atoms with van der Waals surface area (Å²) >= 11 is 0. The highest BCUT2D eigenvalue weighted by Gasteiger charge is 2.37. The van der Waals surface area contributed by atoms with E-state index in [4.69, 9.17) is 0 Å². The summed E-state index contributed by atoms with van der Waals surface area (Å²) < 4.78 is 27.4. The fourth-order valence-corrected chi connectivity index (χ4v) is 4.59. The molecule has 25 heavy (non-hydrogen) atoms.